The predicted molar refractivity (Wildman–Crippen MR) is 90.7 cm³/mol. The predicted octanol–water partition coefficient (Wildman–Crippen LogP) is 2.74. The van der Waals surface area contributed by atoms with E-state index >= 15 is 0 Å². The summed E-state index contributed by atoms with van der Waals surface area (Å²) in [6.45, 7) is 6.71. The molecule has 0 saturated carbocycles. The molecule has 0 aliphatic rings. The molecule has 4 nitrogen and oxygen atoms in total. The second kappa shape index (κ2) is 10.3. The average Bonchev–Trinajstić information content (AvgIpc) is 2.65. The van der Waals surface area contributed by atoms with Crippen molar-refractivity contribution < 1.29 is 8.78 Å². The Morgan fingerprint density at radius 2 is 2.05 bits per heavy atom. The lowest BCUT2D eigenvalue weighted by Gasteiger charge is -2.10. The normalized spacial score (nSPS) is 11.4. The molecule has 1 aromatic heterocycles. The highest BCUT2D eigenvalue weighted by Gasteiger charge is 2.05. The Labute approximate surface area is 139 Å². The van der Waals surface area contributed by atoms with Gasteiger partial charge < -0.3 is 10.6 Å². The van der Waals surface area contributed by atoms with Crippen molar-refractivity contribution in [3.8, 4) is 0 Å². The van der Waals surface area contributed by atoms with Crippen LogP contribution in [0.5, 0.6) is 0 Å². The van der Waals surface area contributed by atoms with Crippen molar-refractivity contribution in [3.05, 3.63) is 15.6 Å². The third-order valence-electron chi connectivity index (χ3n) is 2.44. The van der Waals surface area contributed by atoms with Gasteiger partial charge in [0.2, 0.25) is 0 Å². The number of nitrogens with zero attached hydrogens (tertiary/aromatic N) is 2. The summed E-state index contributed by atoms with van der Waals surface area (Å²) >= 11 is 1.67. The molecule has 8 heteroatoms. The smallest absolute Gasteiger partial charge is 0.257 e. The number of aromatic nitrogens is 1. The minimum absolute atomic E-state index is 0. The number of hydrogen-bond acceptors (Lipinski definition) is 3. The Balaban J connectivity index is 0.00000361. The average molecular weight is 418 g/mol. The van der Waals surface area contributed by atoms with Gasteiger partial charge in [0, 0.05) is 24.4 Å². The summed E-state index contributed by atoms with van der Waals surface area (Å²) in [6.07, 6.45) is -1.65. The van der Waals surface area contributed by atoms with Crippen molar-refractivity contribution in [2.75, 3.05) is 19.6 Å². The summed E-state index contributed by atoms with van der Waals surface area (Å²) in [6, 6.07) is 0. The Bertz CT molecular complexity index is 404. The molecule has 0 fully saturated rings. The maximum atomic E-state index is 12.1. The van der Waals surface area contributed by atoms with Crippen LogP contribution >= 0.6 is 35.3 Å². The van der Waals surface area contributed by atoms with Crippen LogP contribution in [0.2, 0.25) is 0 Å². The van der Waals surface area contributed by atoms with Gasteiger partial charge in [0.25, 0.3) is 6.43 Å². The highest BCUT2D eigenvalue weighted by atomic mass is 127. The molecule has 1 rings (SSSR count). The first-order valence-corrected chi connectivity index (χ1v) is 7.07. The van der Waals surface area contributed by atoms with Crippen LogP contribution in [0.15, 0.2) is 4.99 Å². The van der Waals surface area contributed by atoms with E-state index in [1.807, 2.05) is 20.8 Å². The van der Waals surface area contributed by atoms with Gasteiger partial charge in [-0.05, 0) is 20.8 Å². The molecule has 0 aliphatic carbocycles. The number of nitrogens with one attached hydrogen (secondary N) is 2. The number of alkyl halides is 2. The van der Waals surface area contributed by atoms with Crippen molar-refractivity contribution in [2.45, 2.75) is 33.6 Å². The molecule has 116 valence electrons. The number of halogens is 3. The highest BCUT2D eigenvalue weighted by Crippen LogP contribution is 2.16. The Morgan fingerprint density at radius 3 is 2.55 bits per heavy atom. The zero-order valence-corrected chi connectivity index (χ0v) is 15.0. The quantitative estimate of drug-likeness (QED) is 0.425. The van der Waals surface area contributed by atoms with Crippen LogP contribution in [0.1, 0.15) is 22.5 Å². The van der Waals surface area contributed by atoms with Crippen molar-refractivity contribution in [2.24, 2.45) is 4.99 Å². The molecule has 0 amide bonds. The first-order chi connectivity index (χ1) is 9.02. The van der Waals surface area contributed by atoms with E-state index in [9.17, 15) is 8.78 Å². The SMILES string of the molecule is CCNC(=NCC(F)F)NCCc1nc(C)c(C)s1.I. The van der Waals surface area contributed by atoms with Crippen LogP contribution in [-0.4, -0.2) is 37.0 Å². The maximum absolute atomic E-state index is 12.1. The number of aliphatic imine (C=N–C) groups is 1. The summed E-state index contributed by atoms with van der Waals surface area (Å²) < 4.78 is 24.2. The van der Waals surface area contributed by atoms with Gasteiger partial charge in [-0.2, -0.15) is 0 Å². The van der Waals surface area contributed by atoms with Crippen LogP contribution in [0.3, 0.4) is 0 Å². The van der Waals surface area contributed by atoms with Gasteiger partial charge in [-0.3, -0.25) is 0 Å². The zero-order chi connectivity index (χ0) is 14.3. The third kappa shape index (κ3) is 7.32. The highest BCUT2D eigenvalue weighted by molar-refractivity contribution is 14.0. The first-order valence-electron chi connectivity index (χ1n) is 6.26. The standard InChI is InChI=1S/C12H20F2N4S.HI/c1-4-15-12(17-7-10(13)14)16-6-5-11-18-8(2)9(3)19-11;/h10H,4-7H2,1-3H3,(H2,15,16,17);1H. The number of hydrogen-bond donors (Lipinski definition) is 2. The molecule has 0 aliphatic heterocycles. The molecule has 20 heavy (non-hydrogen) atoms. The van der Waals surface area contributed by atoms with Crippen LogP contribution in [0.4, 0.5) is 8.78 Å². The lowest BCUT2D eigenvalue weighted by atomic mass is 10.4. The van der Waals surface area contributed by atoms with Crippen molar-refractivity contribution in [1.82, 2.24) is 15.6 Å². The second-order valence-electron chi connectivity index (χ2n) is 4.04. The van der Waals surface area contributed by atoms with Gasteiger partial charge in [0.1, 0.15) is 6.54 Å². The van der Waals surface area contributed by atoms with E-state index < -0.39 is 13.0 Å². The van der Waals surface area contributed by atoms with E-state index in [0.717, 1.165) is 17.1 Å². The van der Waals surface area contributed by atoms with E-state index in [4.69, 9.17) is 0 Å². The van der Waals surface area contributed by atoms with Crippen LogP contribution < -0.4 is 10.6 Å². The fourth-order valence-corrected chi connectivity index (χ4v) is 2.37. The maximum Gasteiger partial charge on any atom is 0.257 e. The summed E-state index contributed by atoms with van der Waals surface area (Å²) in [7, 11) is 0. The lowest BCUT2D eigenvalue weighted by Crippen LogP contribution is -2.38. The van der Waals surface area contributed by atoms with E-state index in [2.05, 4.69) is 20.6 Å². The molecule has 0 unspecified atom stereocenters. The fraction of sp³-hybridized carbons (Fsp3) is 0.667. The van der Waals surface area contributed by atoms with Crippen LogP contribution in [0.25, 0.3) is 0 Å². The second-order valence-corrected chi connectivity index (χ2v) is 5.32. The van der Waals surface area contributed by atoms with Crippen molar-refractivity contribution in [1.29, 1.82) is 0 Å². The number of rotatable bonds is 6. The molecule has 0 radical (unpaired) electrons. The van der Waals surface area contributed by atoms with E-state index in [1.54, 1.807) is 11.3 Å². The minimum Gasteiger partial charge on any atom is -0.357 e. The molecular weight excluding hydrogens is 397 g/mol. The van der Waals surface area contributed by atoms with Crippen molar-refractivity contribution in [3.63, 3.8) is 0 Å². The zero-order valence-electron chi connectivity index (χ0n) is 11.9. The van der Waals surface area contributed by atoms with E-state index in [0.29, 0.717) is 19.0 Å². The molecule has 0 bridgehead atoms. The molecule has 0 saturated heterocycles. The number of thiazole rings is 1. The third-order valence-corrected chi connectivity index (χ3v) is 3.57. The van der Waals surface area contributed by atoms with Crippen LogP contribution in [0, 0.1) is 13.8 Å². The summed E-state index contributed by atoms with van der Waals surface area (Å²) in [5.74, 6) is 0.424. The van der Waals surface area contributed by atoms with Gasteiger partial charge >= 0.3 is 0 Å². The molecule has 0 aromatic carbocycles. The molecule has 1 aromatic rings. The van der Waals surface area contributed by atoms with Gasteiger partial charge in [-0.25, -0.2) is 18.8 Å². The minimum atomic E-state index is -2.42. The topological polar surface area (TPSA) is 49.3 Å². The van der Waals surface area contributed by atoms with E-state index in [-0.39, 0.29) is 24.0 Å². The molecule has 1 heterocycles. The summed E-state index contributed by atoms with van der Waals surface area (Å²) in [5, 5.41) is 7.00. The molecular formula is C12H21F2IN4S. The number of aryl methyl sites for hydroxylation is 2. The molecule has 0 spiro atoms. The summed E-state index contributed by atoms with van der Waals surface area (Å²) in [4.78, 5) is 9.44. The molecule has 2 N–H and O–H groups in total. The van der Waals surface area contributed by atoms with E-state index in [1.165, 1.54) is 4.88 Å². The van der Waals surface area contributed by atoms with Crippen LogP contribution in [-0.2, 0) is 6.42 Å². The van der Waals surface area contributed by atoms with Gasteiger partial charge in [-0.1, -0.05) is 0 Å². The molecule has 0 atom stereocenters. The largest absolute Gasteiger partial charge is 0.357 e. The Hall–Kier alpha value is -0.510. The lowest BCUT2D eigenvalue weighted by molar-refractivity contribution is 0.158. The van der Waals surface area contributed by atoms with Gasteiger partial charge in [0.05, 0.1) is 10.7 Å². The first kappa shape index (κ1) is 19.5. The Morgan fingerprint density at radius 1 is 1.35 bits per heavy atom. The van der Waals surface area contributed by atoms with Gasteiger partial charge in [0.15, 0.2) is 5.96 Å². The van der Waals surface area contributed by atoms with Gasteiger partial charge in [-0.15, -0.1) is 35.3 Å². The monoisotopic (exact) mass is 418 g/mol. The summed E-state index contributed by atoms with van der Waals surface area (Å²) in [5.41, 5.74) is 1.05. The fourth-order valence-electron chi connectivity index (χ4n) is 1.44. The van der Waals surface area contributed by atoms with Crippen molar-refractivity contribution >= 4 is 41.3 Å². The Kier molecular flexibility index (Phi) is 9.99. The number of guanidine groups is 1.